The first-order valence-corrected chi connectivity index (χ1v) is 21.5. The summed E-state index contributed by atoms with van der Waals surface area (Å²) in [5, 5.41) is 8.61. The van der Waals surface area contributed by atoms with Crippen molar-refractivity contribution < 1.29 is 28.7 Å². The minimum Gasteiger partial charge on any atom is -0.453 e. The Morgan fingerprint density at radius 1 is 0.754 bits per heavy atom. The number of ether oxygens (including phenoxy) is 2. The maximum absolute atomic E-state index is 14.2. The van der Waals surface area contributed by atoms with E-state index in [4.69, 9.17) is 19.4 Å². The molecule has 1 fully saturated rings. The molecule has 5 heterocycles. The van der Waals surface area contributed by atoms with Crippen molar-refractivity contribution in [1.82, 2.24) is 40.4 Å². The van der Waals surface area contributed by atoms with Gasteiger partial charge in [0.05, 0.1) is 47.0 Å². The molecule has 0 unspecified atom stereocenters. The molecule has 0 bridgehead atoms. The van der Waals surface area contributed by atoms with E-state index in [-0.39, 0.29) is 29.7 Å². The molecule has 61 heavy (non-hydrogen) atoms. The van der Waals surface area contributed by atoms with Gasteiger partial charge >= 0.3 is 12.2 Å². The number of amides is 4. The van der Waals surface area contributed by atoms with Gasteiger partial charge in [0.15, 0.2) is 0 Å². The van der Waals surface area contributed by atoms with E-state index in [2.05, 4.69) is 57.0 Å². The highest BCUT2D eigenvalue weighted by Gasteiger charge is 2.41. The monoisotopic (exact) mass is 840 g/mol. The fourth-order valence-corrected chi connectivity index (χ4v) is 10.1. The van der Waals surface area contributed by atoms with Crippen LogP contribution < -0.4 is 10.6 Å². The van der Waals surface area contributed by atoms with Crippen LogP contribution in [0.1, 0.15) is 75.4 Å². The number of likely N-dealkylation sites (tertiary alicyclic amines) is 1. The van der Waals surface area contributed by atoms with Crippen LogP contribution >= 0.6 is 11.3 Å². The summed E-state index contributed by atoms with van der Waals surface area (Å²) in [6, 6.07) is 22.7. The Balaban J connectivity index is 1.02. The molecule has 15 heteroatoms. The summed E-state index contributed by atoms with van der Waals surface area (Å²) in [7, 11) is 2.59. The minimum absolute atomic E-state index is 0.119. The zero-order chi connectivity index (χ0) is 42.7. The Morgan fingerprint density at radius 2 is 1.39 bits per heavy atom. The van der Waals surface area contributed by atoms with Gasteiger partial charge in [0.2, 0.25) is 11.8 Å². The fourth-order valence-electron chi connectivity index (χ4n) is 8.96. The number of H-pyrrole nitrogens is 2. The molecule has 14 nitrogen and oxygen atoms in total. The number of alkyl carbamates (subject to hydrolysis) is 2. The normalized spacial score (nSPS) is 17.4. The average Bonchev–Trinajstić information content (AvgIpc) is 4.11. The number of carbonyl (C=O) groups is 4. The molecule has 0 radical (unpaired) electrons. The van der Waals surface area contributed by atoms with Crippen LogP contribution in [0.2, 0.25) is 0 Å². The molecule has 4 amide bonds. The molecule has 9 rings (SSSR count). The van der Waals surface area contributed by atoms with Crippen molar-refractivity contribution in [1.29, 1.82) is 0 Å². The maximum atomic E-state index is 14.2. The van der Waals surface area contributed by atoms with Crippen molar-refractivity contribution in [3.63, 3.8) is 0 Å². The molecule has 7 aromatic rings. The first-order chi connectivity index (χ1) is 29.4. The minimum atomic E-state index is -0.776. The summed E-state index contributed by atoms with van der Waals surface area (Å²) in [6.45, 7) is 8.59. The zero-order valence-corrected chi connectivity index (χ0v) is 35.7. The van der Waals surface area contributed by atoms with E-state index in [9.17, 15) is 19.2 Å². The summed E-state index contributed by atoms with van der Waals surface area (Å²) in [6.07, 6.45) is 0.332. The summed E-state index contributed by atoms with van der Waals surface area (Å²) < 4.78 is 10.7. The highest BCUT2D eigenvalue weighted by atomic mass is 32.1. The summed E-state index contributed by atoms with van der Waals surface area (Å²) in [5.41, 5.74) is 6.55. The van der Waals surface area contributed by atoms with Gasteiger partial charge in [0.25, 0.3) is 0 Å². The van der Waals surface area contributed by atoms with Gasteiger partial charge in [-0.15, -0.1) is 11.3 Å². The van der Waals surface area contributed by atoms with Crippen molar-refractivity contribution in [3.05, 3.63) is 95.6 Å². The number of aromatic amines is 2. The molecule has 2 aliphatic heterocycles. The molecule has 3 aromatic heterocycles. The van der Waals surface area contributed by atoms with Gasteiger partial charge in [-0.25, -0.2) is 19.6 Å². The number of fused-ring (bicyclic) bond motifs is 7. The number of nitrogens with one attached hydrogen (secondary N) is 4. The fraction of sp³-hybridized carbons (Fsp3) is 0.348. The summed E-state index contributed by atoms with van der Waals surface area (Å²) in [5.74, 6) is 0.757. The van der Waals surface area contributed by atoms with Crippen LogP contribution in [-0.2, 0) is 25.6 Å². The number of hydrogen-bond acceptors (Lipinski definition) is 9. The second-order valence-electron chi connectivity index (χ2n) is 16.6. The van der Waals surface area contributed by atoms with Gasteiger partial charge in [-0.3, -0.25) is 9.59 Å². The Labute approximate surface area is 356 Å². The van der Waals surface area contributed by atoms with Crippen LogP contribution in [0.15, 0.2) is 72.8 Å². The molecule has 2 aliphatic rings. The second-order valence-corrected chi connectivity index (χ2v) is 17.7. The van der Waals surface area contributed by atoms with Crippen molar-refractivity contribution in [2.24, 2.45) is 11.8 Å². The molecule has 4 aromatic carbocycles. The maximum Gasteiger partial charge on any atom is 0.407 e. The van der Waals surface area contributed by atoms with E-state index in [1.54, 1.807) is 16.2 Å². The lowest BCUT2D eigenvalue weighted by Gasteiger charge is -2.30. The quantitative estimate of drug-likeness (QED) is 0.112. The standard InChI is InChI=1S/C46H48N8O6S/c1-23(2)35(51-45(57)59-5)43(55)53-19-9-12-33(53)41-47-32-18-15-27-21-34(61-40(27)38(32)50-41)26-13-16-29-25(20-26)14-17-31-37(29)49-42(48-31)39-30-11-8-7-10-28(30)22-54(39)44(56)36(24(3)4)52-46(58)60-6/h7-8,10-11,13-18,20-21,23-24,33,35-36,39H,9,12,19,22H2,1-6H3,(H,47,50)(H,48,49)(H,51,57)(H,52,58)/t33-,35-,36-,39-/m0/s1. The third-order valence-electron chi connectivity index (χ3n) is 12.1. The Kier molecular flexibility index (Phi) is 10.4. The van der Waals surface area contributed by atoms with E-state index >= 15 is 0 Å². The van der Waals surface area contributed by atoms with Crippen LogP contribution in [-0.4, -0.2) is 86.6 Å². The van der Waals surface area contributed by atoms with E-state index in [0.29, 0.717) is 18.9 Å². The number of nitrogens with zero attached hydrogens (tertiary/aromatic N) is 4. The highest BCUT2D eigenvalue weighted by Crippen LogP contribution is 2.42. The number of rotatable bonds is 9. The van der Waals surface area contributed by atoms with Gasteiger partial charge in [-0.2, -0.15) is 0 Å². The Hall–Kier alpha value is -6.48. The summed E-state index contributed by atoms with van der Waals surface area (Å²) >= 11 is 1.69. The van der Waals surface area contributed by atoms with Crippen LogP contribution in [0.4, 0.5) is 9.59 Å². The number of carbonyl (C=O) groups excluding carboxylic acids is 4. The van der Waals surface area contributed by atoms with Gasteiger partial charge in [0, 0.05) is 23.4 Å². The predicted octanol–water partition coefficient (Wildman–Crippen LogP) is 8.33. The first kappa shape index (κ1) is 40.0. The van der Waals surface area contributed by atoms with E-state index < -0.39 is 30.3 Å². The number of thiophene rings is 1. The van der Waals surface area contributed by atoms with E-state index in [1.807, 2.05) is 69.0 Å². The van der Waals surface area contributed by atoms with Gasteiger partial charge < -0.3 is 39.9 Å². The second kappa shape index (κ2) is 15.8. The van der Waals surface area contributed by atoms with Crippen LogP contribution in [0.3, 0.4) is 0 Å². The number of benzene rings is 4. The topological polar surface area (TPSA) is 175 Å². The first-order valence-electron chi connectivity index (χ1n) is 20.7. The largest absolute Gasteiger partial charge is 0.453 e. The summed E-state index contributed by atoms with van der Waals surface area (Å²) in [4.78, 5) is 74.3. The van der Waals surface area contributed by atoms with E-state index in [1.165, 1.54) is 14.2 Å². The van der Waals surface area contributed by atoms with Crippen LogP contribution in [0.5, 0.6) is 0 Å². The SMILES string of the molecule is COC(=O)N[C@H](C(=O)N1Cc2ccccc2[C@H]1c1nc2ccc3cc(-c4cc5ccc6nc([C@@H]7CCCN7C(=O)[C@@H](NC(=O)OC)C(C)C)[nH]c6c5s4)ccc3c2[nH]1)C(C)C. The third-order valence-corrected chi connectivity index (χ3v) is 13.3. The number of aromatic nitrogens is 4. The molecular weight excluding hydrogens is 793 g/mol. The number of methoxy groups -OCH3 is 2. The lowest BCUT2D eigenvalue weighted by Crippen LogP contribution is -2.51. The van der Waals surface area contributed by atoms with E-state index in [0.717, 1.165) is 83.2 Å². The van der Waals surface area contributed by atoms with Gasteiger partial charge in [0.1, 0.15) is 29.8 Å². The molecule has 314 valence electrons. The molecule has 4 N–H and O–H groups in total. The van der Waals surface area contributed by atoms with Crippen LogP contribution in [0, 0.1) is 11.8 Å². The molecule has 0 spiro atoms. The number of hydrogen-bond donors (Lipinski definition) is 4. The predicted molar refractivity (Wildman–Crippen MR) is 235 cm³/mol. The highest BCUT2D eigenvalue weighted by molar-refractivity contribution is 7.23. The smallest absolute Gasteiger partial charge is 0.407 e. The third kappa shape index (κ3) is 7.09. The molecule has 1 saturated heterocycles. The molecule has 0 aliphatic carbocycles. The van der Waals surface area contributed by atoms with Gasteiger partial charge in [-0.05, 0) is 76.4 Å². The van der Waals surface area contributed by atoms with Crippen molar-refractivity contribution >= 4 is 78.3 Å². The van der Waals surface area contributed by atoms with Crippen molar-refractivity contribution in [2.45, 2.75) is 71.2 Å². The Morgan fingerprint density at radius 3 is 2.10 bits per heavy atom. The molecule has 4 atom stereocenters. The lowest BCUT2D eigenvalue weighted by molar-refractivity contribution is -0.136. The molecule has 0 saturated carbocycles. The van der Waals surface area contributed by atoms with Crippen molar-refractivity contribution in [3.8, 4) is 10.4 Å². The van der Waals surface area contributed by atoms with Gasteiger partial charge in [-0.1, -0.05) is 76.2 Å². The van der Waals surface area contributed by atoms with Crippen LogP contribution in [0.25, 0.3) is 53.4 Å². The zero-order valence-electron chi connectivity index (χ0n) is 34.9. The molecular formula is C46H48N8O6S. The number of imidazole rings is 2. The van der Waals surface area contributed by atoms with Crippen molar-refractivity contribution in [2.75, 3.05) is 20.8 Å². The lowest BCUT2D eigenvalue weighted by atomic mass is 10.0. The Bertz CT molecular complexity index is 2860. The average molecular weight is 841 g/mol.